The van der Waals surface area contributed by atoms with Gasteiger partial charge in [0.2, 0.25) is 5.91 Å². The van der Waals surface area contributed by atoms with E-state index in [2.05, 4.69) is 15.6 Å². The van der Waals surface area contributed by atoms with E-state index < -0.39 is 11.7 Å². The highest BCUT2D eigenvalue weighted by Gasteiger charge is 2.30. The zero-order valence-electron chi connectivity index (χ0n) is 13.5. The Morgan fingerprint density at radius 1 is 1.08 bits per heavy atom. The van der Waals surface area contributed by atoms with Crippen LogP contribution in [0.15, 0.2) is 48.7 Å². The van der Waals surface area contributed by atoms with Gasteiger partial charge in [-0.3, -0.25) is 9.78 Å². The number of carbonyl (C=O) groups is 1. The van der Waals surface area contributed by atoms with Crippen LogP contribution in [-0.4, -0.2) is 10.9 Å². The highest BCUT2D eigenvalue weighted by molar-refractivity contribution is 6.33. The van der Waals surface area contributed by atoms with E-state index in [0.29, 0.717) is 33.0 Å². The lowest BCUT2D eigenvalue weighted by molar-refractivity contribution is -0.137. The SMILES string of the molecule is CC(=O)Nc1ccc(Cl)c(Nc2ccnc3ccc(C(F)(F)F)cc23)c1. The fourth-order valence-corrected chi connectivity index (χ4v) is 2.64. The van der Waals surface area contributed by atoms with Crippen LogP contribution < -0.4 is 10.6 Å². The van der Waals surface area contributed by atoms with Crippen LogP contribution in [0.3, 0.4) is 0 Å². The van der Waals surface area contributed by atoms with Crippen molar-refractivity contribution in [3.63, 3.8) is 0 Å². The molecule has 0 unspecified atom stereocenters. The van der Waals surface area contributed by atoms with Crippen LogP contribution >= 0.6 is 11.6 Å². The second kappa shape index (κ2) is 6.84. The smallest absolute Gasteiger partial charge is 0.354 e. The van der Waals surface area contributed by atoms with Gasteiger partial charge in [0.15, 0.2) is 0 Å². The lowest BCUT2D eigenvalue weighted by atomic mass is 10.1. The fraction of sp³-hybridized carbons (Fsp3) is 0.111. The number of pyridine rings is 1. The molecule has 0 saturated heterocycles. The van der Waals surface area contributed by atoms with Gasteiger partial charge in [-0.1, -0.05) is 11.6 Å². The fourth-order valence-electron chi connectivity index (χ4n) is 2.48. The molecule has 134 valence electrons. The Labute approximate surface area is 152 Å². The summed E-state index contributed by atoms with van der Waals surface area (Å²) in [4.78, 5) is 15.3. The van der Waals surface area contributed by atoms with E-state index in [9.17, 15) is 18.0 Å². The summed E-state index contributed by atoms with van der Waals surface area (Å²) >= 11 is 6.17. The quantitative estimate of drug-likeness (QED) is 0.622. The molecule has 1 heterocycles. The predicted molar refractivity (Wildman–Crippen MR) is 95.8 cm³/mol. The summed E-state index contributed by atoms with van der Waals surface area (Å²) in [6.45, 7) is 1.37. The Kier molecular flexibility index (Phi) is 4.73. The summed E-state index contributed by atoms with van der Waals surface area (Å²) in [5.74, 6) is -0.248. The Morgan fingerprint density at radius 3 is 2.54 bits per heavy atom. The van der Waals surface area contributed by atoms with Gasteiger partial charge in [-0.2, -0.15) is 13.2 Å². The maximum Gasteiger partial charge on any atom is 0.416 e. The van der Waals surface area contributed by atoms with E-state index in [1.165, 1.54) is 19.2 Å². The van der Waals surface area contributed by atoms with Gasteiger partial charge in [0.1, 0.15) is 0 Å². The van der Waals surface area contributed by atoms with Gasteiger partial charge in [0.25, 0.3) is 0 Å². The summed E-state index contributed by atoms with van der Waals surface area (Å²) in [6, 6.07) is 9.72. The third-order valence-corrected chi connectivity index (χ3v) is 3.95. The number of aromatic nitrogens is 1. The Hall–Kier alpha value is -2.80. The number of amides is 1. The van der Waals surface area contributed by atoms with Crippen molar-refractivity contribution in [3.8, 4) is 0 Å². The molecule has 0 radical (unpaired) electrons. The van der Waals surface area contributed by atoms with Crippen molar-refractivity contribution < 1.29 is 18.0 Å². The number of alkyl halides is 3. The van der Waals surface area contributed by atoms with Crippen LogP contribution in [0.2, 0.25) is 5.02 Å². The number of benzene rings is 2. The van der Waals surface area contributed by atoms with E-state index in [-0.39, 0.29) is 5.91 Å². The van der Waals surface area contributed by atoms with Crippen LogP contribution in [0.1, 0.15) is 12.5 Å². The maximum absolute atomic E-state index is 13.0. The third kappa shape index (κ3) is 3.88. The summed E-state index contributed by atoms with van der Waals surface area (Å²) in [5.41, 5.74) is 1.03. The first kappa shape index (κ1) is 18.0. The van der Waals surface area contributed by atoms with Crippen LogP contribution in [0, 0.1) is 0 Å². The predicted octanol–water partition coefficient (Wildman–Crippen LogP) is 5.61. The maximum atomic E-state index is 13.0. The van der Waals surface area contributed by atoms with Gasteiger partial charge in [-0.25, -0.2) is 0 Å². The Morgan fingerprint density at radius 2 is 1.85 bits per heavy atom. The van der Waals surface area contributed by atoms with Crippen molar-refractivity contribution in [2.75, 3.05) is 10.6 Å². The number of hydrogen-bond acceptors (Lipinski definition) is 3. The van der Waals surface area contributed by atoms with E-state index in [4.69, 9.17) is 11.6 Å². The normalized spacial score (nSPS) is 11.4. The van der Waals surface area contributed by atoms with Crippen LogP contribution in [0.5, 0.6) is 0 Å². The topological polar surface area (TPSA) is 54.0 Å². The molecule has 3 aromatic rings. The summed E-state index contributed by atoms with van der Waals surface area (Å²) in [7, 11) is 0. The second-order valence-electron chi connectivity index (χ2n) is 5.59. The Bertz CT molecular complexity index is 989. The van der Waals surface area contributed by atoms with Crippen molar-refractivity contribution >= 4 is 45.5 Å². The van der Waals surface area contributed by atoms with Gasteiger partial charge < -0.3 is 10.6 Å². The number of rotatable bonds is 3. The molecule has 3 rings (SSSR count). The minimum atomic E-state index is -4.45. The van der Waals surface area contributed by atoms with Crippen LogP contribution in [0.4, 0.5) is 30.2 Å². The van der Waals surface area contributed by atoms with E-state index >= 15 is 0 Å². The van der Waals surface area contributed by atoms with Gasteiger partial charge in [0, 0.05) is 29.9 Å². The standard InChI is InChI=1S/C18H13ClF3N3O/c1-10(26)24-12-3-4-14(19)17(9-12)25-16-6-7-23-15-5-2-11(8-13(15)16)18(20,21)22/h2-9H,1H3,(H,23,25)(H,24,26). The monoisotopic (exact) mass is 379 g/mol. The molecule has 1 aromatic heterocycles. The van der Waals surface area contributed by atoms with Crippen LogP contribution in [0.25, 0.3) is 10.9 Å². The summed E-state index contributed by atoms with van der Waals surface area (Å²) in [5, 5.41) is 6.31. The first-order valence-corrected chi connectivity index (χ1v) is 7.92. The first-order chi connectivity index (χ1) is 12.2. The first-order valence-electron chi connectivity index (χ1n) is 7.54. The largest absolute Gasteiger partial charge is 0.416 e. The average Bonchev–Trinajstić information content (AvgIpc) is 2.56. The number of nitrogens with one attached hydrogen (secondary N) is 2. The molecule has 26 heavy (non-hydrogen) atoms. The molecule has 1 amide bonds. The number of nitrogens with zero attached hydrogens (tertiary/aromatic N) is 1. The average molecular weight is 380 g/mol. The van der Waals surface area contributed by atoms with Crippen molar-refractivity contribution in [1.29, 1.82) is 0 Å². The molecule has 2 N–H and O–H groups in total. The second-order valence-corrected chi connectivity index (χ2v) is 6.00. The molecule has 4 nitrogen and oxygen atoms in total. The third-order valence-electron chi connectivity index (χ3n) is 3.62. The number of hydrogen-bond donors (Lipinski definition) is 2. The van der Waals surface area contributed by atoms with Crippen molar-refractivity contribution in [2.24, 2.45) is 0 Å². The number of carbonyl (C=O) groups excluding carboxylic acids is 1. The van der Waals surface area contributed by atoms with Gasteiger partial charge in [-0.05, 0) is 42.5 Å². The lowest BCUT2D eigenvalue weighted by Crippen LogP contribution is -2.06. The Balaban J connectivity index is 2.05. The number of anilines is 3. The van der Waals surface area contributed by atoms with Crippen molar-refractivity contribution in [1.82, 2.24) is 4.98 Å². The molecule has 2 aromatic carbocycles. The molecule has 8 heteroatoms. The number of halogens is 4. The van der Waals surface area contributed by atoms with Crippen LogP contribution in [-0.2, 0) is 11.0 Å². The summed E-state index contributed by atoms with van der Waals surface area (Å²) < 4.78 is 39.0. The van der Waals surface area contributed by atoms with Crippen molar-refractivity contribution in [3.05, 3.63) is 59.2 Å². The molecule has 0 bridgehead atoms. The molecule has 0 aliphatic heterocycles. The van der Waals surface area contributed by atoms with E-state index in [0.717, 1.165) is 12.1 Å². The highest BCUT2D eigenvalue weighted by atomic mass is 35.5. The number of fused-ring (bicyclic) bond motifs is 1. The van der Waals surface area contributed by atoms with E-state index in [1.807, 2.05) is 0 Å². The molecule has 0 saturated carbocycles. The lowest BCUT2D eigenvalue weighted by Gasteiger charge is -2.14. The summed E-state index contributed by atoms with van der Waals surface area (Å²) in [6.07, 6.45) is -2.96. The minimum absolute atomic E-state index is 0.248. The van der Waals surface area contributed by atoms with Gasteiger partial charge in [-0.15, -0.1) is 0 Å². The molecule has 0 aliphatic rings. The molecular formula is C18H13ClF3N3O. The molecule has 0 fully saturated rings. The van der Waals surface area contributed by atoms with Crippen molar-refractivity contribution in [2.45, 2.75) is 13.1 Å². The van der Waals surface area contributed by atoms with E-state index in [1.54, 1.807) is 24.3 Å². The highest BCUT2D eigenvalue weighted by Crippen LogP contribution is 2.35. The zero-order chi connectivity index (χ0) is 18.9. The van der Waals surface area contributed by atoms with Gasteiger partial charge >= 0.3 is 6.18 Å². The minimum Gasteiger partial charge on any atom is -0.354 e. The molecule has 0 aliphatic carbocycles. The van der Waals surface area contributed by atoms with Gasteiger partial charge in [0.05, 0.1) is 21.8 Å². The molecule has 0 atom stereocenters. The molecular weight excluding hydrogens is 367 g/mol. The zero-order valence-corrected chi connectivity index (χ0v) is 14.2. The molecule has 0 spiro atoms.